The zero-order valence-electron chi connectivity index (χ0n) is 16.2. The van der Waals surface area contributed by atoms with Crippen molar-refractivity contribution in [2.75, 3.05) is 0 Å². The van der Waals surface area contributed by atoms with E-state index in [0.717, 1.165) is 24.0 Å². The van der Waals surface area contributed by atoms with Crippen LogP contribution in [0, 0.1) is 0 Å². The van der Waals surface area contributed by atoms with E-state index in [9.17, 15) is 0 Å². The van der Waals surface area contributed by atoms with Crippen molar-refractivity contribution in [1.29, 1.82) is 0 Å². The maximum absolute atomic E-state index is 6.29. The Labute approximate surface area is 173 Å². The van der Waals surface area contributed by atoms with Crippen molar-refractivity contribution in [2.45, 2.75) is 19.8 Å². The lowest BCUT2D eigenvalue weighted by molar-refractivity contribution is 0.663. The Kier molecular flexibility index (Phi) is 3.75. The van der Waals surface area contributed by atoms with Crippen molar-refractivity contribution in [3.05, 3.63) is 95.6 Å². The predicted octanol–water partition coefficient (Wildman–Crippen LogP) is 8.11. The maximum atomic E-state index is 6.29. The van der Waals surface area contributed by atoms with Gasteiger partial charge in [-0.15, -0.1) is 11.3 Å². The molecule has 0 radical (unpaired) electrons. The minimum absolute atomic E-state index is 0.911. The summed E-state index contributed by atoms with van der Waals surface area (Å²) in [7, 11) is 0. The van der Waals surface area contributed by atoms with E-state index >= 15 is 0 Å². The van der Waals surface area contributed by atoms with Crippen molar-refractivity contribution < 1.29 is 4.42 Å². The molecule has 29 heavy (non-hydrogen) atoms. The topological polar surface area (TPSA) is 13.1 Å². The van der Waals surface area contributed by atoms with Gasteiger partial charge in [0.1, 0.15) is 11.2 Å². The number of hydrogen-bond acceptors (Lipinski definition) is 2. The van der Waals surface area contributed by atoms with Crippen LogP contribution in [-0.2, 0) is 12.8 Å². The van der Waals surface area contributed by atoms with Gasteiger partial charge in [0.25, 0.3) is 0 Å². The monoisotopic (exact) mass is 392 g/mol. The molecule has 0 amide bonds. The third-order valence-corrected chi connectivity index (χ3v) is 7.20. The van der Waals surface area contributed by atoms with E-state index < -0.39 is 0 Å². The predicted molar refractivity (Wildman–Crippen MR) is 125 cm³/mol. The molecule has 4 aromatic carbocycles. The molecule has 6 rings (SSSR count). The number of para-hydroxylation sites is 1. The summed E-state index contributed by atoms with van der Waals surface area (Å²) in [6.07, 6.45) is 1.89. The van der Waals surface area contributed by atoms with Crippen LogP contribution < -0.4 is 0 Å². The van der Waals surface area contributed by atoms with Crippen LogP contribution in [0.1, 0.15) is 23.6 Å². The Hall–Kier alpha value is -3.10. The first-order valence-corrected chi connectivity index (χ1v) is 11.0. The summed E-state index contributed by atoms with van der Waals surface area (Å²) in [5.41, 5.74) is 6.03. The van der Waals surface area contributed by atoms with Crippen molar-refractivity contribution in [1.82, 2.24) is 0 Å². The molecule has 0 atom stereocenters. The highest BCUT2D eigenvalue weighted by Crippen LogP contribution is 2.39. The number of rotatable bonds is 3. The van der Waals surface area contributed by atoms with Crippen molar-refractivity contribution in [2.24, 2.45) is 0 Å². The molecule has 0 aliphatic carbocycles. The van der Waals surface area contributed by atoms with Crippen LogP contribution >= 0.6 is 11.3 Å². The molecular formula is C27H20OS. The van der Waals surface area contributed by atoms with E-state index in [1.54, 1.807) is 0 Å². The highest BCUT2D eigenvalue weighted by Gasteiger charge is 2.16. The van der Waals surface area contributed by atoms with E-state index in [0.29, 0.717) is 0 Å². The van der Waals surface area contributed by atoms with Crippen LogP contribution in [0.4, 0.5) is 0 Å². The first kappa shape index (κ1) is 16.8. The minimum atomic E-state index is 0.911. The fraction of sp³-hybridized carbons (Fsp3) is 0.111. The van der Waals surface area contributed by atoms with Crippen molar-refractivity contribution in [3.8, 4) is 0 Å². The molecule has 0 fully saturated rings. The van der Waals surface area contributed by atoms with Crippen molar-refractivity contribution in [3.63, 3.8) is 0 Å². The quantitative estimate of drug-likeness (QED) is 0.296. The van der Waals surface area contributed by atoms with Gasteiger partial charge in [0.2, 0.25) is 0 Å². The molecule has 0 spiro atoms. The summed E-state index contributed by atoms with van der Waals surface area (Å²) >= 11 is 1.90. The third kappa shape index (κ3) is 2.53. The van der Waals surface area contributed by atoms with Gasteiger partial charge in [0, 0.05) is 30.9 Å². The first-order chi connectivity index (χ1) is 14.3. The molecule has 2 aromatic heterocycles. The number of furan rings is 1. The highest BCUT2D eigenvalue weighted by molar-refractivity contribution is 7.26. The molecule has 0 saturated carbocycles. The lowest BCUT2D eigenvalue weighted by Crippen LogP contribution is -1.92. The van der Waals surface area contributed by atoms with E-state index in [1.165, 1.54) is 47.6 Å². The highest BCUT2D eigenvalue weighted by atomic mass is 32.1. The molecule has 0 N–H and O–H groups in total. The minimum Gasteiger partial charge on any atom is -0.456 e. The second kappa shape index (κ2) is 6.47. The van der Waals surface area contributed by atoms with E-state index in [2.05, 4.69) is 79.7 Å². The molecular weight excluding hydrogens is 372 g/mol. The Morgan fingerprint density at radius 3 is 2.34 bits per heavy atom. The standard InChI is InChI=1S/C27H20OS/c1-2-17-14-15-18(25-22-10-3-5-12-23(22)28-26(17)25)16-19-8-7-11-21-20-9-4-6-13-24(20)29-27(19)21/h3-15H,2,16H2,1H3. The van der Waals surface area contributed by atoms with Crippen LogP contribution in [0.25, 0.3) is 42.1 Å². The van der Waals surface area contributed by atoms with Gasteiger partial charge in [-0.2, -0.15) is 0 Å². The fourth-order valence-corrected chi connectivity index (χ4v) is 5.74. The number of fused-ring (bicyclic) bond motifs is 6. The van der Waals surface area contributed by atoms with E-state index in [4.69, 9.17) is 4.42 Å². The van der Waals surface area contributed by atoms with Gasteiger partial charge >= 0.3 is 0 Å². The molecule has 2 heterocycles. The number of benzene rings is 4. The van der Waals surface area contributed by atoms with Crippen LogP contribution in [0.5, 0.6) is 0 Å². The molecule has 0 aliphatic rings. The van der Waals surface area contributed by atoms with Gasteiger partial charge < -0.3 is 4.42 Å². The van der Waals surface area contributed by atoms with Crippen LogP contribution in [0.15, 0.2) is 83.3 Å². The number of aryl methyl sites for hydroxylation is 1. The molecule has 0 bridgehead atoms. The summed E-state index contributed by atoms with van der Waals surface area (Å²) < 4.78 is 9.05. The van der Waals surface area contributed by atoms with Gasteiger partial charge in [0.15, 0.2) is 0 Å². The second-order valence-corrected chi connectivity index (χ2v) is 8.66. The summed E-state index contributed by atoms with van der Waals surface area (Å²) in [4.78, 5) is 0. The first-order valence-electron chi connectivity index (χ1n) is 10.1. The average molecular weight is 393 g/mol. The van der Waals surface area contributed by atoms with Crippen LogP contribution in [0.2, 0.25) is 0 Å². The number of thiophene rings is 1. The van der Waals surface area contributed by atoms with Gasteiger partial charge in [-0.3, -0.25) is 0 Å². The lowest BCUT2D eigenvalue weighted by Gasteiger charge is -2.08. The number of hydrogen-bond donors (Lipinski definition) is 0. The van der Waals surface area contributed by atoms with E-state index in [1.807, 2.05) is 17.4 Å². The van der Waals surface area contributed by atoms with Crippen LogP contribution in [0.3, 0.4) is 0 Å². The molecule has 0 saturated heterocycles. The smallest absolute Gasteiger partial charge is 0.138 e. The maximum Gasteiger partial charge on any atom is 0.138 e. The Morgan fingerprint density at radius 1 is 0.690 bits per heavy atom. The molecule has 1 nitrogen and oxygen atoms in total. The summed E-state index contributed by atoms with van der Waals surface area (Å²) in [5, 5.41) is 5.21. The normalized spacial score (nSPS) is 11.9. The third-order valence-electron chi connectivity index (χ3n) is 5.94. The Morgan fingerprint density at radius 2 is 1.45 bits per heavy atom. The lowest BCUT2D eigenvalue weighted by atomic mass is 9.96. The average Bonchev–Trinajstić information content (AvgIpc) is 3.34. The van der Waals surface area contributed by atoms with E-state index in [-0.39, 0.29) is 0 Å². The summed E-state index contributed by atoms with van der Waals surface area (Å²) in [6.45, 7) is 2.19. The van der Waals surface area contributed by atoms with Crippen LogP contribution in [-0.4, -0.2) is 0 Å². The zero-order chi connectivity index (χ0) is 19.4. The van der Waals surface area contributed by atoms with Gasteiger partial charge in [0.05, 0.1) is 0 Å². The van der Waals surface area contributed by atoms with Gasteiger partial charge in [-0.25, -0.2) is 0 Å². The molecule has 0 aliphatic heterocycles. The van der Waals surface area contributed by atoms with Gasteiger partial charge in [-0.05, 0) is 41.7 Å². The zero-order valence-corrected chi connectivity index (χ0v) is 17.1. The summed E-state index contributed by atoms with van der Waals surface area (Å²) in [6, 6.07) is 28.4. The Bertz CT molecular complexity index is 1520. The fourth-order valence-electron chi connectivity index (χ4n) is 4.53. The molecule has 140 valence electrons. The molecule has 6 aromatic rings. The largest absolute Gasteiger partial charge is 0.456 e. The SMILES string of the molecule is CCc1ccc(Cc2cccc3c2sc2ccccc23)c2c1oc1ccccc12. The Balaban J connectivity index is 1.60. The molecule has 0 unspecified atom stereocenters. The molecule has 2 heteroatoms. The van der Waals surface area contributed by atoms with Gasteiger partial charge in [-0.1, -0.05) is 73.7 Å². The van der Waals surface area contributed by atoms with Crippen molar-refractivity contribution >= 4 is 53.4 Å². The summed E-state index contributed by atoms with van der Waals surface area (Å²) in [5.74, 6) is 0. The second-order valence-electron chi connectivity index (χ2n) is 7.61.